The van der Waals surface area contributed by atoms with Crippen molar-refractivity contribution < 1.29 is 14.3 Å². The second-order valence-electron chi connectivity index (χ2n) is 8.19. The molecule has 0 bridgehead atoms. The van der Waals surface area contributed by atoms with E-state index in [4.69, 9.17) is 38.4 Å². The van der Waals surface area contributed by atoms with Crippen molar-refractivity contribution in [2.75, 3.05) is 18.2 Å². The number of carbonyl (C=O) groups is 1. The number of allylic oxidation sites excluding steroid dienone is 1. The van der Waals surface area contributed by atoms with E-state index in [2.05, 4.69) is 22.3 Å². The van der Waals surface area contributed by atoms with Gasteiger partial charge in [0.15, 0.2) is 11.5 Å². The van der Waals surface area contributed by atoms with Gasteiger partial charge < -0.3 is 20.5 Å². The summed E-state index contributed by atoms with van der Waals surface area (Å²) in [6.07, 6.45) is 2.15. The van der Waals surface area contributed by atoms with Crippen molar-refractivity contribution in [3.8, 4) is 11.5 Å². The van der Waals surface area contributed by atoms with E-state index in [9.17, 15) is 4.79 Å². The average molecular weight is 548 g/mol. The van der Waals surface area contributed by atoms with E-state index >= 15 is 0 Å². The molecule has 1 aliphatic heterocycles. The van der Waals surface area contributed by atoms with Gasteiger partial charge in [-0.3, -0.25) is 4.79 Å². The van der Waals surface area contributed by atoms with Gasteiger partial charge in [-0.25, -0.2) is 4.68 Å². The zero-order valence-electron chi connectivity index (χ0n) is 20.2. The van der Waals surface area contributed by atoms with Crippen LogP contribution in [0.25, 0.3) is 0 Å². The number of hydrogen-bond donors (Lipinski definition) is 2. The molecule has 3 aromatic rings. The lowest BCUT2D eigenvalue weighted by Gasteiger charge is -2.28. The van der Waals surface area contributed by atoms with E-state index in [-0.39, 0.29) is 6.61 Å². The first kappa shape index (κ1) is 26.2. The molecule has 0 saturated heterocycles. The normalized spacial score (nSPS) is 14.9. The minimum Gasteiger partial charge on any atom is -0.493 e. The van der Waals surface area contributed by atoms with Crippen LogP contribution in [-0.2, 0) is 11.4 Å². The number of ether oxygens (including phenoxy) is 2. The van der Waals surface area contributed by atoms with Crippen LogP contribution < -0.4 is 20.5 Å². The number of unbranched alkanes of at least 4 members (excludes halogenated alkanes) is 1. The fraction of sp³-hybridized carbons (Fsp3) is 0.320. The van der Waals surface area contributed by atoms with Crippen molar-refractivity contribution in [1.82, 2.24) is 14.8 Å². The number of thioether (sulfide) groups is 1. The molecule has 0 saturated carbocycles. The third-order valence-electron chi connectivity index (χ3n) is 5.76. The Hall–Kier alpha value is -2.88. The highest BCUT2D eigenvalue weighted by Gasteiger charge is 2.34. The van der Waals surface area contributed by atoms with Crippen LogP contribution in [-0.4, -0.2) is 33.5 Å². The molecule has 0 radical (unpaired) electrons. The van der Waals surface area contributed by atoms with E-state index in [0.717, 1.165) is 24.2 Å². The first-order chi connectivity index (χ1) is 17.3. The molecule has 8 nitrogen and oxygen atoms in total. The zero-order chi connectivity index (χ0) is 25.8. The quantitative estimate of drug-likeness (QED) is 0.242. The van der Waals surface area contributed by atoms with Gasteiger partial charge in [0, 0.05) is 27.1 Å². The summed E-state index contributed by atoms with van der Waals surface area (Å²) in [7, 11) is 1.55. The SMILES string of the molecule is CCCCSc1nc2n(n1)C(c1ccc(OCc3c(Cl)cccc3Cl)c(OC)c1)C(C(N)=O)=C(C)N2. The number of carbonyl (C=O) groups excluding carboxylic acids is 1. The third kappa shape index (κ3) is 5.43. The molecule has 1 atom stereocenters. The van der Waals surface area contributed by atoms with Crippen LogP contribution in [0.15, 0.2) is 52.8 Å². The van der Waals surface area contributed by atoms with Gasteiger partial charge >= 0.3 is 0 Å². The highest BCUT2D eigenvalue weighted by molar-refractivity contribution is 7.99. The van der Waals surface area contributed by atoms with E-state index in [0.29, 0.717) is 49.5 Å². The third-order valence-corrected chi connectivity index (χ3v) is 7.40. The van der Waals surface area contributed by atoms with E-state index in [1.165, 1.54) is 0 Å². The summed E-state index contributed by atoms with van der Waals surface area (Å²) in [5, 5.41) is 9.52. The summed E-state index contributed by atoms with van der Waals surface area (Å²) >= 11 is 14.1. The molecule has 2 aromatic carbocycles. The predicted molar refractivity (Wildman–Crippen MR) is 143 cm³/mol. The van der Waals surface area contributed by atoms with Gasteiger partial charge in [0.2, 0.25) is 17.0 Å². The molecule has 11 heteroatoms. The van der Waals surface area contributed by atoms with Gasteiger partial charge in [0.25, 0.3) is 0 Å². The Labute approximate surface area is 224 Å². The number of fused-ring (bicyclic) bond motifs is 1. The molecular formula is C25H27Cl2N5O3S. The number of nitrogens with two attached hydrogens (primary N) is 1. The van der Waals surface area contributed by atoms with Crippen LogP contribution in [0.4, 0.5) is 5.95 Å². The summed E-state index contributed by atoms with van der Waals surface area (Å²) in [5.74, 6) is 1.90. The standard InChI is InChI=1S/C25H27Cl2N5O3S/c1-4-5-11-36-25-30-24-29-14(2)21(23(28)33)22(32(24)31-25)15-9-10-19(20(12-15)34-3)35-13-16-17(26)7-6-8-18(16)27/h6-10,12,22H,4-5,11,13H2,1-3H3,(H2,28,33)(H,29,30,31). The molecule has 1 unspecified atom stereocenters. The van der Waals surface area contributed by atoms with Gasteiger partial charge in [0.1, 0.15) is 12.6 Å². The summed E-state index contributed by atoms with van der Waals surface area (Å²) in [6.45, 7) is 4.11. The number of primary amides is 1. The first-order valence-corrected chi connectivity index (χ1v) is 13.2. The second-order valence-corrected chi connectivity index (χ2v) is 10.1. The zero-order valence-corrected chi connectivity index (χ0v) is 22.5. The van der Waals surface area contributed by atoms with Crippen LogP contribution in [0.1, 0.15) is 43.9 Å². The fourth-order valence-electron chi connectivity index (χ4n) is 3.92. The largest absolute Gasteiger partial charge is 0.493 e. The minimum absolute atomic E-state index is 0.165. The van der Waals surface area contributed by atoms with Gasteiger partial charge in [0.05, 0.1) is 12.7 Å². The Morgan fingerprint density at radius 1 is 1.22 bits per heavy atom. The Morgan fingerprint density at radius 3 is 2.64 bits per heavy atom. The monoisotopic (exact) mass is 547 g/mol. The fourth-order valence-corrected chi connectivity index (χ4v) is 5.34. The van der Waals surface area contributed by atoms with Gasteiger partial charge in [-0.1, -0.05) is 60.4 Å². The number of methoxy groups -OCH3 is 1. The number of aromatic nitrogens is 3. The lowest BCUT2D eigenvalue weighted by molar-refractivity contribution is -0.115. The first-order valence-electron chi connectivity index (χ1n) is 11.4. The molecule has 190 valence electrons. The summed E-state index contributed by atoms with van der Waals surface area (Å²) < 4.78 is 13.3. The van der Waals surface area contributed by atoms with E-state index in [1.807, 2.05) is 12.1 Å². The van der Waals surface area contributed by atoms with Crippen molar-refractivity contribution >= 4 is 46.8 Å². The Bertz CT molecular complexity index is 1290. The molecule has 1 amide bonds. The molecule has 1 aliphatic rings. The van der Waals surface area contributed by atoms with Gasteiger partial charge in [-0.2, -0.15) is 4.98 Å². The topological polar surface area (TPSA) is 104 Å². The van der Waals surface area contributed by atoms with Crippen molar-refractivity contribution in [3.63, 3.8) is 0 Å². The number of nitrogens with one attached hydrogen (secondary N) is 1. The van der Waals surface area contributed by atoms with Crippen molar-refractivity contribution in [2.24, 2.45) is 5.73 Å². The Morgan fingerprint density at radius 2 is 1.97 bits per heavy atom. The number of benzene rings is 2. The highest BCUT2D eigenvalue weighted by Crippen LogP contribution is 2.39. The van der Waals surface area contributed by atoms with Crippen molar-refractivity contribution in [3.05, 3.63) is 68.8 Å². The average Bonchev–Trinajstić information content (AvgIpc) is 3.25. The number of rotatable bonds is 10. The summed E-state index contributed by atoms with van der Waals surface area (Å²) in [5.41, 5.74) is 8.26. The maximum absolute atomic E-state index is 12.5. The maximum Gasteiger partial charge on any atom is 0.248 e. The number of nitrogens with zero attached hydrogens (tertiary/aromatic N) is 3. The molecular weight excluding hydrogens is 521 g/mol. The molecule has 1 aromatic heterocycles. The van der Waals surface area contributed by atoms with Crippen LogP contribution >= 0.6 is 35.0 Å². The van der Waals surface area contributed by atoms with Crippen LogP contribution in [0.3, 0.4) is 0 Å². The lowest BCUT2D eigenvalue weighted by Crippen LogP contribution is -2.31. The van der Waals surface area contributed by atoms with E-state index in [1.54, 1.807) is 54.7 Å². The number of anilines is 1. The van der Waals surface area contributed by atoms with Crippen LogP contribution in [0.2, 0.25) is 10.0 Å². The Kier molecular flexibility index (Phi) is 8.33. The Balaban J connectivity index is 1.68. The van der Waals surface area contributed by atoms with E-state index < -0.39 is 11.9 Å². The van der Waals surface area contributed by atoms with Crippen LogP contribution in [0.5, 0.6) is 11.5 Å². The summed E-state index contributed by atoms with van der Waals surface area (Å²) in [4.78, 5) is 17.1. The molecule has 4 rings (SSSR count). The predicted octanol–water partition coefficient (Wildman–Crippen LogP) is 5.84. The van der Waals surface area contributed by atoms with Gasteiger partial charge in [-0.15, -0.1) is 5.10 Å². The molecule has 0 spiro atoms. The molecule has 36 heavy (non-hydrogen) atoms. The number of hydrogen-bond acceptors (Lipinski definition) is 7. The van der Waals surface area contributed by atoms with Crippen molar-refractivity contribution in [2.45, 2.75) is 44.5 Å². The van der Waals surface area contributed by atoms with Gasteiger partial charge in [-0.05, 0) is 43.2 Å². The number of halogens is 2. The number of amides is 1. The smallest absolute Gasteiger partial charge is 0.248 e. The maximum atomic E-state index is 12.5. The molecule has 2 heterocycles. The minimum atomic E-state index is -0.576. The molecule has 0 fully saturated rings. The second kappa shape index (κ2) is 11.5. The van der Waals surface area contributed by atoms with Crippen LogP contribution in [0, 0.1) is 0 Å². The highest BCUT2D eigenvalue weighted by atomic mass is 35.5. The molecule has 0 aliphatic carbocycles. The lowest BCUT2D eigenvalue weighted by atomic mass is 9.95. The molecule has 3 N–H and O–H groups in total. The van der Waals surface area contributed by atoms with Crippen molar-refractivity contribution in [1.29, 1.82) is 0 Å². The summed E-state index contributed by atoms with van der Waals surface area (Å²) in [6, 6.07) is 10.2.